The van der Waals surface area contributed by atoms with Gasteiger partial charge < -0.3 is 19.4 Å². The van der Waals surface area contributed by atoms with E-state index in [4.69, 9.17) is 4.74 Å². The molecule has 262 valence electrons. The van der Waals surface area contributed by atoms with Gasteiger partial charge in [-0.25, -0.2) is 13.6 Å². The summed E-state index contributed by atoms with van der Waals surface area (Å²) in [5, 5.41) is 18.4. The summed E-state index contributed by atoms with van der Waals surface area (Å²) in [7, 11) is 0. The van der Waals surface area contributed by atoms with Gasteiger partial charge in [0.05, 0.1) is 35.3 Å². The van der Waals surface area contributed by atoms with E-state index in [2.05, 4.69) is 16.3 Å². The minimum absolute atomic E-state index is 0.00461. The van der Waals surface area contributed by atoms with Gasteiger partial charge in [-0.15, -0.1) is 0 Å². The number of benzene rings is 2. The number of anilines is 1. The van der Waals surface area contributed by atoms with Crippen molar-refractivity contribution < 1.29 is 27.9 Å². The predicted molar refractivity (Wildman–Crippen MR) is 180 cm³/mol. The maximum absolute atomic E-state index is 14.5. The topological polar surface area (TPSA) is 123 Å². The van der Waals surface area contributed by atoms with E-state index >= 15 is 0 Å². The Morgan fingerprint density at radius 3 is 2.56 bits per heavy atom. The Morgan fingerprint density at radius 2 is 1.86 bits per heavy atom. The highest BCUT2D eigenvalue weighted by Gasteiger charge is 2.44. The van der Waals surface area contributed by atoms with E-state index < -0.39 is 34.8 Å². The Hall–Kier alpha value is -4.96. The molecule has 2 aromatic carbocycles. The number of rotatable bonds is 6. The number of hydrogen-bond donors (Lipinski definition) is 0. The van der Waals surface area contributed by atoms with Crippen molar-refractivity contribution in [2.45, 2.75) is 77.6 Å². The van der Waals surface area contributed by atoms with E-state index in [1.165, 1.54) is 12.1 Å². The van der Waals surface area contributed by atoms with Crippen LogP contribution in [0.25, 0.3) is 0 Å². The van der Waals surface area contributed by atoms with Crippen LogP contribution in [0.15, 0.2) is 42.5 Å². The summed E-state index contributed by atoms with van der Waals surface area (Å²) in [6.45, 7) is 12.6. The first-order valence-corrected chi connectivity index (χ1v) is 16.7. The van der Waals surface area contributed by atoms with Crippen molar-refractivity contribution in [2.75, 3.05) is 37.6 Å². The summed E-state index contributed by atoms with van der Waals surface area (Å²) >= 11 is 0. The Kier molecular flexibility index (Phi) is 9.11. The van der Waals surface area contributed by atoms with Gasteiger partial charge in [-0.2, -0.15) is 15.5 Å². The zero-order valence-electron chi connectivity index (χ0n) is 29.2. The molecule has 50 heavy (non-hydrogen) atoms. The minimum Gasteiger partial charge on any atom is -0.444 e. The lowest BCUT2D eigenvalue weighted by Crippen LogP contribution is -2.63. The molecule has 1 aromatic heterocycles. The van der Waals surface area contributed by atoms with Gasteiger partial charge in [0.15, 0.2) is 0 Å². The van der Waals surface area contributed by atoms with Crippen LogP contribution in [0.5, 0.6) is 0 Å². The second-order valence-electron chi connectivity index (χ2n) is 15.0. The molecule has 6 rings (SSSR count). The number of fused-ring (bicyclic) bond motifs is 2. The van der Waals surface area contributed by atoms with Gasteiger partial charge in [-0.05, 0) is 57.5 Å². The molecule has 3 amide bonds. The normalized spacial score (nSPS) is 20.1. The van der Waals surface area contributed by atoms with Crippen molar-refractivity contribution in [1.29, 1.82) is 5.26 Å². The molecule has 4 heterocycles. The minimum atomic E-state index is -0.709. The average Bonchev–Trinajstić information content (AvgIpc) is 3.50. The van der Waals surface area contributed by atoms with Gasteiger partial charge in [0.1, 0.15) is 17.2 Å². The first kappa shape index (κ1) is 34.9. The Morgan fingerprint density at radius 1 is 1.10 bits per heavy atom. The SMILES string of the molecule is C[C@@H]1CN(CC(=O)N2CC(C)(C)c3nnc(Cc4ccc(F)cc4F)cc32)[C@@H](CN2Cc3c(C#N)cccc3C2=O)CN1C(=O)OC(C)(C)C. The van der Waals surface area contributed by atoms with Crippen molar-refractivity contribution >= 4 is 23.6 Å². The zero-order chi connectivity index (χ0) is 36.1. The van der Waals surface area contributed by atoms with Crippen molar-refractivity contribution in [3.8, 4) is 6.07 Å². The first-order valence-electron chi connectivity index (χ1n) is 16.7. The zero-order valence-corrected chi connectivity index (χ0v) is 29.2. The predicted octanol–water partition coefficient (Wildman–Crippen LogP) is 4.81. The number of nitrogens with zero attached hydrogens (tertiary/aromatic N) is 7. The van der Waals surface area contributed by atoms with Gasteiger partial charge >= 0.3 is 6.09 Å². The van der Waals surface area contributed by atoms with Gasteiger partial charge in [-0.3, -0.25) is 14.5 Å². The standard InChI is InChI=1S/C37H41F2N7O4/c1-22-16-43(20-32(47)46-21-37(5,6)33-31(46)14-26(41-42-33)12-23-10-11-25(38)13-30(23)39)27(18-45(22)35(49)50-36(2,3)4)17-44-19-29-24(15-40)8-7-9-28(29)34(44)48/h7-11,13-14,22,27H,12,16-21H2,1-6H3/t22-,27+/m1/s1. The summed E-state index contributed by atoms with van der Waals surface area (Å²) in [4.78, 5) is 48.1. The van der Waals surface area contributed by atoms with Gasteiger partial charge in [-0.1, -0.05) is 26.0 Å². The van der Waals surface area contributed by atoms with E-state index in [-0.39, 0.29) is 56.0 Å². The fraction of sp³-hybridized carbons (Fsp3) is 0.459. The summed E-state index contributed by atoms with van der Waals surface area (Å²) in [6, 6.07) is 11.7. The Bertz CT molecular complexity index is 1900. The lowest BCUT2D eigenvalue weighted by atomic mass is 9.91. The van der Waals surface area contributed by atoms with E-state index in [0.29, 0.717) is 46.9 Å². The second-order valence-corrected chi connectivity index (χ2v) is 15.0. The largest absolute Gasteiger partial charge is 0.444 e. The lowest BCUT2D eigenvalue weighted by molar-refractivity contribution is -0.121. The van der Waals surface area contributed by atoms with Gasteiger partial charge in [0, 0.05) is 73.8 Å². The molecule has 1 fully saturated rings. The molecular weight excluding hydrogens is 644 g/mol. The molecule has 0 radical (unpaired) electrons. The molecule has 3 aliphatic rings. The number of halogens is 2. The molecule has 0 bridgehead atoms. The third-order valence-corrected chi connectivity index (χ3v) is 9.51. The average molecular weight is 686 g/mol. The van der Waals surface area contributed by atoms with Crippen LogP contribution in [-0.4, -0.2) is 93.2 Å². The van der Waals surface area contributed by atoms with Crippen LogP contribution in [0.3, 0.4) is 0 Å². The molecule has 2 atom stereocenters. The highest BCUT2D eigenvalue weighted by atomic mass is 19.1. The van der Waals surface area contributed by atoms with E-state index in [1.54, 1.807) is 59.7 Å². The lowest BCUT2D eigenvalue weighted by Gasteiger charge is -2.46. The monoisotopic (exact) mass is 685 g/mol. The molecule has 13 heteroatoms. The fourth-order valence-electron chi connectivity index (χ4n) is 7.04. The molecule has 1 saturated heterocycles. The highest BCUT2D eigenvalue weighted by molar-refractivity contribution is 5.99. The van der Waals surface area contributed by atoms with Crippen molar-refractivity contribution in [3.05, 3.63) is 87.7 Å². The molecule has 3 aliphatic heterocycles. The van der Waals surface area contributed by atoms with Crippen LogP contribution in [0.1, 0.15) is 80.0 Å². The fourth-order valence-corrected chi connectivity index (χ4v) is 7.04. The quantitative estimate of drug-likeness (QED) is 0.363. The number of amides is 3. The number of ether oxygens (including phenoxy) is 1. The molecule has 0 saturated carbocycles. The Labute approximate surface area is 290 Å². The molecule has 0 N–H and O–H groups in total. The third kappa shape index (κ3) is 6.89. The summed E-state index contributed by atoms with van der Waals surface area (Å²) in [5.41, 5.74) is 2.30. The van der Waals surface area contributed by atoms with Crippen LogP contribution < -0.4 is 4.90 Å². The maximum atomic E-state index is 14.5. The summed E-state index contributed by atoms with van der Waals surface area (Å²) in [6.07, 6.45) is -0.399. The number of piperazine rings is 1. The Balaban J connectivity index is 1.26. The van der Waals surface area contributed by atoms with Crippen molar-refractivity contribution in [3.63, 3.8) is 0 Å². The maximum Gasteiger partial charge on any atom is 0.410 e. The number of carbonyl (C=O) groups is 3. The van der Waals surface area contributed by atoms with Crippen molar-refractivity contribution in [1.82, 2.24) is 24.9 Å². The third-order valence-electron chi connectivity index (χ3n) is 9.51. The molecule has 11 nitrogen and oxygen atoms in total. The molecule has 0 spiro atoms. The first-order chi connectivity index (χ1) is 23.5. The highest BCUT2D eigenvalue weighted by Crippen LogP contribution is 2.39. The van der Waals surface area contributed by atoms with Crippen LogP contribution in [0, 0.1) is 23.0 Å². The molecule has 0 unspecified atom stereocenters. The molecular formula is C37H41F2N7O4. The van der Waals surface area contributed by atoms with Crippen molar-refractivity contribution in [2.24, 2.45) is 0 Å². The van der Waals surface area contributed by atoms with Gasteiger partial charge in [0.25, 0.3) is 5.91 Å². The summed E-state index contributed by atoms with van der Waals surface area (Å²) < 4.78 is 33.7. The van der Waals surface area contributed by atoms with E-state index in [0.717, 1.165) is 6.07 Å². The molecule has 3 aromatic rings. The number of hydrogen-bond acceptors (Lipinski definition) is 8. The van der Waals surface area contributed by atoms with E-state index in [9.17, 15) is 28.4 Å². The number of nitriles is 1. The second kappa shape index (κ2) is 13.1. The van der Waals surface area contributed by atoms with Crippen LogP contribution in [-0.2, 0) is 27.9 Å². The van der Waals surface area contributed by atoms with Crippen LogP contribution in [0.4, 0.5) is 19.3 Å². The number of aromatic nitrogens is 2. The summed E-state index contributed by atoms with van der Waals surface area (Å²) in [5.74, 6) is -1.76. The van der Waals surface area contributed by atoms with Crippen LogP contribution >= 0.6 is 0 Å². The van der Waals surface area contributed by atoms with Crippen LogP contribution in [0.2, 0.25) is 0 Å². The smallest absolute Gasteiger partial charge is 0.410 e. The van der Waals surface area contributed by atoms with E-state index in [1.807, 2.05) is 25.7 Å². The number of carbonyl (C=O) groups excluding carboxylic acids is 3. The van der Waals surface area contributed by atoms with Gasteiger partial charge in [0.2, 0.25) is 5.91 Å². The molecule has 0 aliphatic carbocycles.